The Labute approximate surface area is 353 Å². The number of allylic oxidation sites excluding steroid dienone is 1. The maximum absolute atomic E-state index is 9.78. The normalized spacial score (nSPS) is 16.5. The summed E-state index contributed by atoms with van der Waals surface area (Å²) in [6, 6.07) is 84.9. The van der Waals surface area contributed by atoms with E-state index in [0.29, 0.717) is 0 Å². The summed E-state index contributed by atoms with van der Waals surface area (Å²) < 4.78 is 0. The molecule has 0 N–H and O–H groups in total. The van der Waals surface area contributed by atoms with Gasteiger partial charge in [0.05, 0.1) is 0 Å². The van der Waals surface area contributed by atoms with Crippen LogP contribution >= 0.6 is 34.4 Å². The smallest absolute Gasteiger partial charge is 0 e. The third kappa shape index (κ3) is 4.96. The van der Waals surface area contributed by atoms with Crippen molar-refractivity contribution >= 4 is 71.8 Å². The molecule has 8 aromatic rings. The SMILES string of the molecule is ClP(c1ccccc1)(c1ccccc1)(c1ccccc1)C1(P(Cl)(c2ccccc2)(c2ccccc2)c2ccccc2)C=C(c2ccccc2)c2ccccc21.[Ru]. The standard InChI is InChI=1S/C51H40Cl2P2.Ru/c52-54(42-26-10-2-11-27-42,43-28-12-3-13-29-43,44-30-14-4-15-31-44)51(40-49(41-24-8-1-9-25-41)48-38-22-23-39-50(48)51)55(53,45-32-16-5-17-33-45,46-34-18-6-19-35-46)47-36-20-7-21-37-47;/h1-40H;. The second-order valence-electron chi connectivity index (χ2n) is 14.2. The van der Waals surface area contributed by atoms with Crippen molar-refractivity contribution in [2.24, 2.45) is 0 Å². The van der Waals surface area contributed by atoms with Crippen LogP contribution in [0.2, 0.25) is 0 Å². The fourth-order valence-corrected chi connectivity index (χ4v) is 31.0. The van der Waals surface area contributed by atoms with Crippen LogP contribution in [0.5, 0.6) is 0 Å². The summed E-state index contributed by atoms with van der Waals surface area (Å²) in [6.07, 6.45) is 2.54. The van der Waals surface area contributed by atoms with Crippen molar-refractivity contribution in [2.75, 3.05) is 0 Å². The van der Waals surface area contributed by atoms with Gasteiger partial charge in [0, 0.05) is 19.5 Å². The summed E-state index contributed by atoms with van der Waals surface area (Å²) in [5.74, 6) is -9.15. The number of halogens is 2. The third-order valence-corrected chi connectivity index (χ3v) is 30.9. The predicted molar refractivity (Wildman–Crippen MR) is 244 cm³/mol. The molecule has 8 aromatic carbocycles. The molecule has 1 aliphatic carbocycles. The molecular formula is C51H40Cl2P2Ru. The number of rotatable bonds is 9. The van der Waals surface area contributed by atoms with Crippen molar-refractivity contribution in [2.45, 2.75) is 4.90 Å². The van der Waals surface area contributed by atoms with Crippen LogP contribution in [0.15, 0.2) is 243 Å². The van der Waals surface area contributed by atoms with Gasteiger partial charge < -0.3 is 0 Å². The molecule has 0 aromatic heterocycles. The Morgan fingerprint density at radius 1 is 0.304 bits per heavy atom. The molecule has 5 heteroatoms. The van der Waals surface area contributed by atoms with Crippen molar-refractivity contribution < 1.29 is 19.5 Å². The molecule has 0 aliphatic heterocycles. The molecule has 1 aliphatic rings. The second kappa shape index (κ2) is 14.8. The summed E-state index contributed by atoms with van der Waals surface area (Å²) in [6.45, 7) is 0. The van der Waals surface area contributed by atoms with Gasteiger partial charge in [-0.05, 0) is 0 Å². The number of hydrogen-bond donors (Lipinski definition) is 0. The molecule has 9 rings (SSSR count). The van der Waals surface area contributed by atoms with Gasteiger partial charge in [0.15, 0.2) is 0 Å². The zero-order valence-electron chi connectivity index (χ0n) is 30.6. The summed E-state index contributed by atoms with van der Waals surface area (Å²) >= 11 is 19.6. The number of fused-ring (bicyclic) bond motifs is 1. The number of benzene rings is 8. The van der Waals surface area contributed by atoms with Gasteiger partial charge in [0.2, 0.25) is 0 Å². The van der Waals surface area contributed by atoms with Gasteiger partial charge in [-0.2, -0.15) is 0 Å². The summed E-state index contributed by atoms with van der Waals surface area (Å²) in [5, 5.41) is 6.28. The molecule has 0 amide bonds. The summed E-state index contributed by atoms with van der Waals surface area (Å²) in [5.41, 5.74) is 4.47. The average Bonchev–Trinajstić information content (AvgIpc) is 3.66. The van der Waals surface area contributed by atoms with Crippen LogP contribution < -0.4 is 31.8 Å². The molecule has 0 saturated heterocycles. The molecule has 0 saturated carbocycles. The molecule has 56 heavy (non-hydrogen) atoms. The molecule has 0 radical (unpaired) electrons. The van der Waals surface area contributed by atoms with Crippen LogP contribution in [0.3, 0.4) is 0 Å². The van der Waals surface area contributed by atoms with E-state index in [4.69, 9.17) is 0 Å². The van der Waals surface area contributed by atoms with E-state index in [1.807, 2.05) is 0 Å². The minimum atomic E-state index is -4.57. The van der Waals surface area contributed by atoms with Crippen LogP contribution in [0, 0.1) is 0 Å². The van der Waals surface area contributed by atoms with Crippen molar-refractivity contribution in [3.63, 3.8) is 0 Å². The summed E-state index contributed by atoms with van der Waals surface area (Å²) in [4.78, 5) is -1.14. The zero-order chi connectivity index (χ0) is 37.5. The maximum atomic E-state index is 9.78. The van der Waals surface area contributed by atoms with Crippen molar-refractivity contribution in [1.29, 1.82) is 0 Å². The molecule has 0 atom stereocenters. The Morgan fingerprint density at radius 3 is 0.857 bits per heavy atom. The molecule has 0 unspecified atom stereocenters. The van der Waals surface area contributed by atoms with Crippen LogP contribution in [-0.2, 0) is 24.4 Å². The van der Waals surface area contributed by atoms with E-state index in [0.717, 1.165) is 54.1 Å². The number of hydrogen-bond acceptors (Lipinski definition) is 0. The monoisotopic (exact) mass is 886 g/mol. The first-order valence-electron chi connectivity index (χ1n) is 18.7. The van der Waals surface area contributed by atoms with Crippen LogP contribution in [0.1, 0.15) is 16.7 Å². The Bertz CT molecular complexity index is 2290. The van der Waals surface area contributed by atoms with Gasteiger partial charge in [-0.25, -0.2) is 0 Å². The molecule has 0 fully saturated rings. The second-order valence-corrected chi connectivity index (χ2v) is 27.2. The van der Waals surface area contributed by atoms with Gasteiger partial charge >= 0.3 is 336 Å². The molecule has 0 spiro atoms. The fourth-order valence-electron chi connectivity index (χ4n) is 9.62. The van der Waals surface area contributed by atoms with Gasteiger partial charge in [-0.3, -0.25) is 0 Å². The molecule has 0 heterocycles. The van der Waals surface area contributed by atoms with E-state index in [9.17, 15) is 22.5 Å². The average molecular weight is 887 g/mol. The van der Waals surface area contributed by atoms with Gasteiger partial charge in [0.25, 0.3) is 0 Å². The van der Waals surface area contributed by atoms with Crippen molar-refractivity contribution in [3.05, 3.63) is 259 Å². The van der Waals surface area contributed by atoms with Crippen molar-refractivity contribution in [1.82, 2.24) is 0 Å². The van der Waals surface area contributed by atoms with E-state index in [1.54, 1.807) is 0 Å². The van der Waals surface area contributed by atoms with Gasteiger partial charge in [0.1, 0.15) is 0 Å². The summed E-state index contributed by atoms with van der Waals surface area (Å²) in [7, 11) is 0. The van der Waals surface area contributed by atoms with Crippen LogP contribution in [0.4, 0.5) is 0 Å². The Morgan fingerprint density at radius 2 is 0.554 bits per heavy atom. The van der Waals surface area contributed by atoms with Gasteiger partial charge in [-0.1, -0.05) is 0 Å². The first-order chi connectivity index (χ1) is 27.0. The largest absolute Gasteiger partial charge is 0 e. The molecule has 0 nitrogen and oxygen atoms in total. The first-order valence-corrected chi connectivity index (χ1v) is 24.9. The van der Waals surface area contributed by atoms with E-state index < -0.39 is 16.8 Å². The van der Waals surface area contributed by atoms with Crippen LogP contribution in [-0.4, -0.2) is 0 Å². The van der Waals surface area contributed by atoms with Gasteiger partial charge in [-0.15, -0.1) is 0 Å². The Balaban J connectivity index is 0.00000441. The fraction of sp³-hybridized carbons (Fsp3) is 0.0196. The quantitative estimate of drug-likeness (QED) is 0.100. The topological polar surface area (TPSA) is 0 Å². The molecular weight excluding hydrogens is 846 g/mol. The zero-order valence-corrected chi connectivity index (χ0v) is 35.6. The molecule has 276 valence electrons. The Hall–Kier alpha value is -4.44. The van der Waals surface area contributed by atoms with Crippen molar-refractivity contribution in [3.8, 4) is 0 Å². The molecule has 0 bridgehead atoms. The third-order valence-electron chi connectivity index (χ3n) is 11.8. The van der Waals surface area contributed by atoms with E-state index in [1.165, 1.54) is 0 Å². The minimum absolute atomic E-state index is 0. The van der Waals surface area contributed by atoms with Crippen LogP contribution in [0.25, 0.3) is 5.57 Å². The predicted octanol–water partition coefficient (Wildman–Crippen LogP) is 11.6. The Kier molecular flexibility index (Phi) is 10.2. The maximum Gasteiger partial charge on any atom is 0 e. The first kappa shape index (κ1) is 38.4. The van der Waals surface area contributed by atoms with E-state index in [2.05, 4.69) is 243 Å². The minimum Gasteiger partial charge on any atom is 0 e. The van der Waals surface area contributed by atoms with E-state index >= 15 is 0 Å². The van der Waals surface area contributed by atoms with E-state index in [-0.39, 0.29) is 19.5 Å².